The number of hydrogen-bond donors (Lipinski definition) is 2. The lowest BCUT2D eigenvalue weighted by atomic mass is 10.2. The maximum absolute atomic E-state index is 10.4. The van der Waals surface area contributed by atoms with Gasteiger partial charge in [0.05, 0.1) is 11.0 Å². The van der Waals surface area contributed by atoms with E-state index < -0.39 is 5.97 Å². The van der Waals surface area contributed by atoms with E-state index in [0.717, 1.165) is 28.8 Å². The fourth-order valence-electron chi connectivity index (χ4n) is 1.73. The lowest BCUT2D eigenvalue weighted by molar-refractivity contribution is -0.137. The molecule has 0 aromatic carbocycles. The van der Waals surface area contributed by atoms with Gasteiger partial charge in [-0.25, -0.2) is 0 Å². The third kappa shape index (κ3) is 2.39. The van der Waals surface area contributed by atoms with Gasteiger partial charge in [0.25, 0.3) is 0 Å². The molecule has 2 heterocycles. The van der Waals surface area contributed by atoms with Crippen LogP contribution in [0.2, 0.25) is 0 Å². The SMILES string of the molecule is Cc1ccc2[nH]c(CCCC(=O)O)cc2n1. The zero-order valence-corrected chi connectivity index (χ0v) is 9.16. The summed E-state index contributed by atoms with van der Waals surface area (Å²) in [5.41, 5.74) is 4.00. The minimum Gasteiger partial charge on any atom is -0.481 e. The van der Waals surface area contributed by atoms with Crippen molar-refractivity contribution < 1.29 is 9.90 Å². The molecule has 2 aromatic rings. The molecule has 0 aliphatic carbocycles. The fraction of sp³-hybridized carbons (Fsp3) is 0.333. The van der Waals surface area contributed by atoms with Crippen molar-refractivity contribution in [2.24, 2.45) is 0 Å². The zero-order valence-electron chi connectivity index (χ0n) is 9.16. The maximum atomic E-state index is 10.4. The molecule has 4 nitrogen and oxygen atoms in total. The Kier molecular flexibility index (Phi) is 2.90. The summed E-state index contributed by atoms with van der Waals surface area (Å²) in [6.45, 7) is 1.95. The van der Waals surface area contributed by atoms with Gasteiger partial charge in [-0.05, 0) is 38.0 Å². The molecule has 0 atom stereocenters. The number of rotatable bonds is 4. The van der Waals surface area contributed by atoms with Crippen molar-refractivity contribution in [3.8, 4) is 0 Å². The molecule has 0 saturated heterocycles. The smallest absolute Gasteiger partial charge is 0.303 e. The van der Waals surface area contributed by atoms with Crippen molar-refractivity contribution in [2.45, 2.75) is 26.2 Å². The highest BCUT2D eigenvalue weighted by molar-refractivity contribution is 5.76. The van der Waals surface area contributed by atoms with Crippen LogP contribution in [-0.2, 0) is 11.2 Å². The van der Waals surface area contributed by atoms with Crippen LogP contribution in [0.25, 0.3) is 11.0 Å². The largest absolute Gasteiger partial charge is 0.481 e. The number of carboxylic acids is 1. The van der Waals surface area contributed by atoms with Gasteiger partial charge in [0.1, 0.15) is 0 Å². The number of nitrogens with one attached hydrogen (secondary N) is 1. The summed E-state index contributed by atoms with van der Waals surface area (Å²) in [5, 5.41) is 8.55. The second-order valence-electron chi connectivity index (χ2n) is 3.93. The predicted octanol–water partition coefficient (Wildman–Crippen LogP) is 2.28. The van der Waals surface area contributed by atoms with E-state index in [-0.39, 0.29) is 6.42 Å². The summed E-state index contributed by atoms with van der Waals surface area (Å²) in [4.78, 5) is 18.0. The summed E-state index contributed by atoms with van der Waals surface area (Å²) in [6.07, 6.45) is 1.62. The number of aliphatic carboxylic acids is 1. The molecule has 16 heavy (non-hydrogen) atoms. The molecule has 0 aliphatic heterocycles. The van der Waals surface area contributed by atoms with E-state index in [9.17, 15) is 4.79 Å². The Balaban J connectivity index is 2.10. The summed E-state index contributed by atoms with van der Waals surface area (Å²) < 4.78 is 0. The van der Waals surface area contributed by atoms with Crippen molar-refractivity contribution in [2.75, 3.05) is 0 Å². The molecule has 0 aliphatic rings. The number of aromatic amines is 1. The number of pyridine rings is 1. The third-order valence-corrected chi connectivity index (χ3v) is 2.51. The first kappa shape index (κ1) is 10.7. The average molecular weight is 218 g/mol. The number of carbonyl (C=O) groups is 1. The summed E-state index contributed by atoms with van der Waals surface area (Å²) >= 11 is 0. The predicted molar refractivity (Wildman–Crippen MR) is 61.4 cm³/mol. The number of hydrogen-bond acceptors (Lipinski definition) is 2. The van der Waals surface area contributed by atoms with Gasteiger partial charge >= 0.3 is 5.97 Å². The van der Waals surface area contributed by atoms with Gasteiger partial charge in [-0.15, -0.1) is 0 Å². The Bertz CT molecular complexity index is 517. The monoisotopic (exact) mass is 218 g/mol. The van der Waals surface area contributed by atoms with Crippen molar-refractivity contribution in [1.29, 1.82) is 0 Å². The van der Waals surface area contributed by atoms with Gasteiger partial charge in [-0.3, -0.25) is 9.78 Å². The van der Waals surface area contributed by atoms with Crippen LogP contribution in [0.3, 0.4) is 0 Å². The Morgan fingerprint density at radius 1 is 1.50 bits per heavy atom. The molecule has 0 unspecified atom stereocenters. The van der Waals surface area contributed by atoms with Crippen molar-refractivity contribution in [1.82, 2.24) is 9.97 Å². The average Bonchev–Trinajstić information content (AvgIpc) is 2.58. The molecule has 0 spiro atoms. The standard InChI is InChI=1S/C12H14N2O2/c1-8-5-6-10-11(13-8)7-9(14-10)3-2-4-12(15)16/h5-7,14H,2-4H2,1H3,(H,15,16). The lowest BCUT2D eigenvalue weighted by Gasteiger charge is -1.94. The van der Waals surface area contributed by atoms with Gasteiger partial charge in [0, 0.05) is 17.8 Å². The molecule has 0 radical (unpaired) electrons. The van der Waals surface area contributed by atoms with E-state index >= 15 is 0 Å². The maximum Gasteiger partial charge on any atom is 0.303 e. The summed E-state index contributed by atoms with van der Waals surface area (Å²) in [5.74, 6) is -0.745. The van der Waals surface area contributed by atoms with Crippen LogP contribution in [0.15, 0.2) is 18.2 Å². The normalized spacial score (nSPS) is 10.8. The highest BCUT2D eigenvalue weighted by atomic mass is 16.4. The molecule has 2 N–H and O–H groups in total. The van der Waals surface area contributed by atoms with Crippen molar-refractivity contribution in [3.05, 3.63) is 29.6 Å². The van der Waals surface area contributed by atoms with E-state index in [0.29, 0.717) is 6.42 Å². The third-order valence-electron chi connectivity index (χ3n) is 2.51. The minimum atomic E-state index is -0.745. The van der Waals surface area contributed by atoms with Gasteiger partial charge in [0.2, 0.25) is 0 Å². The van der Waals surface area contributed by atoms with E-state index in [1.807, 2.05) is 25.1 Å². The van der Waals surface area contributed by atoms with Crippen LogP contribution in [0.5, 0.6) is 0 Å². The number of aryl methyl sites for hydroxylation is 2. The van der Waals surface area contributed by atoms with Crippen LogP contribution in [0.4, 0.5) is 0 Å². The van der Waals surface area contributed by atoms with Gasteiger partial charge in [0.15, 0.2) is 0 Å². The first-order chi connectivity index (χ1) is 7.65. The topological polar surface area (TPSA) is 66.0 Å². The van der Waals surface area contributed by atoms with E-state index in [1.54, 1.807) is 0 Å². The van der Waals surface area contributed by atoms with Crippen molar-refractivity contribution in [3.63, 3.8) is 0 Å². The van der Waals surface area contributed by atoms with Crippen molar-refractivity contribution >= 4 is 17.0 Å². The van der Waals surface area contributed by atoms with Crippen LogP contribution in [-0.4, -0.2) is 21.0 Å². The second-order valence-corrected chi connectivity index (χ2v) is 3.93. The Morgan fingerprint density at radius 3 is 3.06 bits per heavy atom. The quantitative estimate of drug-likeness (QED) is 0.827. The number of nitrogens with zero attached hydrogens (tertiary/aromatic N) is 1. The second kappa shape index (κ2) is 4.35. The summed E-state index contributed by atoms with van der Waals surface area (Å²) in [7, 11) is 0. The molecule has 0 saturated carbocycles. The Hall–Kier alpha value is -1.84. The van der Waals surface area contributed by atoms with Crippen LogP contribution < -0.4 is 0 Å². The number of H-pyrrole nitrogens is 1. The lowest BCUT2D eigenvalue weighted by Crippen LogP contribution is -1.95. The molecule has 0 fully saturated rings. The molecule has 0 bridgehead atoms. The molecule has 4 heteroatoms. The van der Waals surface area contributed by atoms with Gasteiger partial charge < -0.3 is 10.1 Å². The summed E-state index contributed by atoms with van der Waals surface area (Å²) in [6, 6.07) is 5.95. The first-order valence-electron chi connectivity index (χ1n) is 5.32. The molecular formula is C12H14N2O2. The minimum absolute atomic E-state index is 0.210. The molecule has 0 amide bonds. The van der Waals surface area contributed by atoms with E-state index in [1.165, 1.54) is 0 Å². The molecular weight excluding hydrogens is 204 g/mol. The van der Waals surface area contributed by atoms with Crippen LogP contribution in [0, 0.1) is 6.92 Å². The first-order valence-corrected chi connectivity index (χ1v) is 5.32. The number of fused-ring (bicyclic) bond motifs is 1. The Labute approximate surface area is 93.3 Å². The highest BCUT2D eigenvalue weighted by Crippen LogP contribution is 2.15. The van der Waals surface area contributed by atoms with Crippen LogP contribution >= 0.6 is 0 Å². The number of carboxylic acid groups (broad SMARTS) is 1. The molecule has 2 rings (SSSR count). The highest BCUT2D eigenvalue weighted by Gasteiger charge is 2.03. The van der Waals surface area contributed by atoms with Crippen LogP contribution in [0.1, 0.15) is 24.2 Å². The zero-order chi connectivity index (χ0) is 11.5. The fourth-order valence-corrected chi connectivity index (χ4v) is 1.73. The number of aromatic nitrogens is 2. The van der Waals surface area contributed by atoms with Gasteiger partial charge in [-0.1, -0.05) is 0 Å². The molecule has 84 valence electrons. The Morgan fingerprint density at radius 2 is 2.31 bits per heavy atom. The molecule has 2 aromatic heterocycles. The van der Waals surface area contributed by atoms with Gasteiger partial charge in [-0.2, -0.15) is 0 Å². The van der Waals surface area contributed by atoms with E-state index in [2.05, 4.69) is 9.97 Å². The van der Waals surface area contributed by atoms with E-state index in [4.69, 9.17) is 5.11 Å².